The molecule has 1 rings (SSSR count). The zero-order chi connectivity index (χ0) is 8.65. The van der Waals surface area contributed by atoms with E-state index in [2.05, 4.69) is 22.5 Å². The number of hydrogen-bond donors (Lipinski definition) is 1. The van der Waals surface area contributed by atoms with Crippen LogP contribution in [-0.4, -0.2) is 18.9 Å². The van der Waals surface area contributed by atoms with Gasteiger partial charge in [0, 0.05) is 13.0 Å². The van der Waals surface area contributed by atoms with Crippen LogP contribution in [0.1, 0.15) is 19.8 Å². The first-order chi connectivity index (χ1) is 5.93. The Morgan fingerprint density at radius 2 is 2.42 bits per heavy atom. The van der Waals surface area contributed by atoms with Crippen molar-refractivity contribution < 1.29 is 0 Å². The third-order valence-electron chi connectivity index (χ3n) is 1.73. The minimum atomic E-state index is 0.952. The third-order valence-corrected chi connectivity index (χ3v) is 1.73. The first-order valence-corrected chi connectivity index (χ1v) is 4.48. The zero-order valence-corrected chi connectivity index (χ0v) is 7.59. The number of amidine groups is 1. The number of rotatable bonds is 4. The van der Waals surface area contributed by atoms with Gasteiger partial charge in [0.2, 0.25) is 0 Å². The molecular formula is C10H16N2. The Labute approximate surface area is 74.1 Å². The van der Waals surface area contributed by atoms with Crippen molar-refractivity contribution in [3.05, 3.63) is 24.3 Å². The Morgan fingerprint density at radius 3 is 3.08 bits per heavy atom. The summed E-state index contributed by atoms with van der Waals surface area (Å²) in [6, 6.07) is 0. The van der Waals surface area contributed by atoms with Crippen LogP contribution in [0.3, 0.4) is 0 Å². The lowest BCUT2D eigenvalue weighted by Crippen LogP contribution is -2.17. The Balaban J connectivity index is 2.09. The quantitative estimate of drug-likeness (QED) is 0.630. The molecule has 0 bridgehead atoms. The molecule has 66 valence electrons. The minimum Gasteiger partial charge on any atom is -0.372 e. The van der Waals surface area contributed by atoms with E-state index in [4.69, 9.17) is 0 Å². The molecular weight excluding hydrogens is 148 g/mol. The van der Waals surface area contributed by atoms with Gasteiger partial charge in [-0.1, -0.05) is 24.3 Å². The number of hydrogen-bond acceptors (Lipinski definition) is 2. The van der Waals surface area contributed by atoms with Gasteiger partial charge in [0.25, 0.3) is 0 Å². The second-order valence-electron chi connectivity index (χ2n) is 2.75. The largest absolute Gasteiger partial charge is 0.372 e. The van der Waals surface area contributed by atoms with E-state index in [0.29, 0.717) is 0 Å². The van der Waals surface area contributed by atoms with E-state index >= 15 is 0 Å². The molecule has 0 saturated heterocycles. The molecule has 1 aliphatic rings. The summed E-state index contributed by atoms with van der Waals surface area (Å²) in [6.07, 6.45) is 10.5. The average Bonchev–Trinajstić information content (AvgIpc) is 2.57. The lowest BCUT2D eigenvalue weighted by Gasteiger charge is -1.96. The zero-order valence-electron chi connectivity index (χ0n) is 7.59. The number of nitrogens with zero attached hydrogens (tertiary/aromatic N) is 1. The van der Waals surface area contributed by atoms with Crippen LogP contribution in [0.25, 0.3) is 0 Å². The van der Waals surface area contributed by atoms with Crippen LogP contribution in [0.5, 0.6) is 0 Å². The Hall–Kier alpha value is -1.05. The van der Waals surface area contributed by atoms with Crippen molar-refractivity contribution in [1.82, 2.24) is 5.32 Å². The van der Waals surface area contributed by atoms with Gasteiger partial charge < -0.3 is 5.32 Å². The summed E-state index contributed by atoms with van der Waals surface area (Å²) in [6.45, 7) is 3.99. The van der Waals surface area contributed by atoms with Gasteiger partial charge in [-0.2, -0.15) is 0 Å². The monoisotopic (exact) mass is 164 g/mol. The minimum absolute atomic E-state index is 0.952. The van der Waals surface area contributed by atoms with E-state index in [1.165, 1.54) is 5.84 Å². The van der Waals surface area contributed by atoms with E-state index in [1.807, 2.05) is 19.1 Å². The van der Waals surface area contributed by atoms with Crippen LogP contribution in [0, 0.1) is 0 Å². The van der Waals surface area contributed by atoms with Crippen LogP contribution < -0.4 is 5.32 Å². The van der Waals surface area contributed by atoms with Crippen molar-refractivity contribution in [1.29, 1.82) is 0 Å². The molecule has 0 fully saturated rings. The molecule has 0 radical (unpaired) electrons. The number of allylic oxidation sites excluding steroid dienone is 4. The average molecular weight is 164 g/mol. The molecule has 0 atom stereocenters. The molecule has 1 aliphatic heterocycles. The summed E-state index contributed by atoms with van der Waals surface area (Å²) in [5, 5.41) is 3.25. The fourth-order valence-electron chi connectivity index (χ4n) is 1.12. The van der Waals surface area contributed by atoms with Crippen LogP contribution in [0.15, 0.2) is 29.3 Å². The molecule has 2 nitrogen and oxygen atoms in total. The molecule has 1 heterocycles. The predicted octanol–water partition coefficient (Wildman–Crippen LogP) is 1.90. The fourth-order valence-corrected chi connectivity index (χ4v) is 1.12. The molecule has 0 unspecified atom stereocenters. The van der Waals surface area contributed by atoms with E-state index in [9.17, 15) is 0 Å². The lowest BCUT2D eigenvalue weighted by atomic mass is 10.2. The van der Waals surface area contributed by atoms with Gasteiger partial charge in [0.05, 0.1) is 12.4 Å². The third kappa shape index (κ3) is 3.37. The molecule has 0 aromatic carbocycles. The number of nitrogens with one attached hydrogen (secondary N) is 1. The molecule has 0 aromatic rings. The van der Waals surface area contributed by atoms with Crippen molar-refractivity contribution in [2.24, 2.45) is 4.99 Å². The van der Waals surface area contributed by atoms with Gasteiger partial charge in [-0.25, -0.2) is 0 Å². The second kappa shape index (κ2) is 5.58. The van der Waals surface area contributed by atoms with Crippen LogP contribution in [-0.2, 0) is 0 Å². The summed E-state index contributed by atoms with van der Waals surface area (Å²) < 4.78 is 0. The van der Waals surface area contributed by atoms with Crippen molar-refractivity contribution in [2.75, 3.05) is 13.1 Å². The summed E-state index contributed by atoms with van der Waals surface area (Å²) in [4.78, 5) is 4.31. The maximum Gasteiger partial charge on any atom is 0.0967 e. The molecule has 1 N–H and O–H groups in total. The fraction of sp³-hybridized carbons (Fsp3) is 0.500. The highest BCUT2D eigenvalue weighted by molar-refractivity contribution is 5.83. The van der Waals surface area contributed by atoms with Gasteiger partial charge in [0.1, 0.15) is 0 Å². The van der Waals surface area contributed by atoms with Crippen molar-refractivity contribution in [3.8, 4) is 0 Å². The first kappa shape index (κ1) is 9.04. The first-order valence-electron chi connectivity index (χ1n) is 4.48. The summed E-state index contributed by atoms with van der Waals surface area (Å²) in [5.74, 6) is 1.17. The van der Waals surface area contributed by atoms with Crippen LogP contribution in [0.2, 0.25) is 0 Å². The maximum absolute atomic E-state index is 4.31. The molecule has 2 heteroatoms. The predicted molar refractivity (Wildman–Crippen MR) is 53.5 cm³/mol. The van der Waals surface area contributed by atoms with E-state index in [0.717, 1.165) is 25.9 Å². The standard InChI is InChI=1S/C10H16N2/c1-2-3-4-5-6-7-10-11-8-9-12-10/h2-5H,6-9H2,1H3,(H,11,12)/b3-2+,5-4+. The smallest absolute Gasteiger partial charge is 0.0967 e. The van der Waals surface area contributed by atoms with Gasteiger partial charge in [-0.3, -0.25) is 4.99 Å². The highest BCUT2D eigenvalue weighted by atomic mass is 15.1. The molecule has 0 saturated carbocycles. The highest BCUT2D eigenvalue weighted by Gasteiger charge is 2.01. The van der Waals surface area contributed by atoms with Gasteiger partial charge in [-0.15, -0.1) is 0 Å². The van der Waals surface area contributed by atoms with Gasteiger partial charge in [-0.05, 0) is 13.3 Å². The second-order valence-corrected chi connectivity index (χ2v) is 2.75. The van der Waals surface area contributed by atoms with E-state index in [-0.39, 0.29) is 0 Å². The molecule has 0 aromatic heterocycles. The van der Waals surface area contributed by atoms with Crippen molar-refractivity contribution >= 4 is 5.84 Å². The lowest BCUT2D eigenvalue weighted by molar-refractivity contribution is 0.941. The molecule has 0 aliphatic carbocycles. The Bertz CT molecular complexity index is 202. The normalized spacial score (nSPS) is 17.2. The van der Waals surface area contributed by atoms with Gasteiger partial charge >= 0.3 is 0 Å². The highest BCUT2D eigenvalue weighted by Crippen LogP contribution is 1.96. The van der Waals surface area contributed by atoms with Crippen molar-refractivity contribution in [2.45, 2.75) is 19.8 Å². The van der Waals surface area contributed by atoms with Crippen LogP contribution in [0.4, 0.5) is 0 Å². The topological polar surface area (TPSA) is 24.4 Å². The van der Waals surface area contributed by atoms with Gasteiger partial charge in [0.15, 0.2) is 0 Å². The summed E-state index contributed by atoms with van der Waals surface area (Å²) in [5.41, 5.74) is 0. The van der Waals surface area contributed by atoms with Crippen molar-refractivity contribution in [3.63, 3.8) is 0 Å². The SMILES string of the molecule is C/C=C/C=C/CCC1=NCCN1. The van der Waals surface area contributed by atoms with E-state index < -0.39 is 0 Å². The van der Waals surface area contributed by atoms with E-state index in [1.54, 1.807) is 0 Å². The summed E-state index contributed by atoms with van der Waals surface area (Å²) in [7, 11) is 0. The Kier molecular flexibility index (Phi) is 4.21. The molecule has 0 spiro atoms. The summed E-state index contributed by atoms with van der Waals surface area (Å²) >= 11 is 0. The molecule has 12 heavy (non-hydrogen) atoms. The number of aliphatic imine (C=N–C) groups is 1. The Morgan fingerprint density at radius 1 is 1.50 bits per heavy atom. The molecule has 0 amide bonds. The van der Waals surface area contributed by atoms with Crippen LogP contribution >= 0.6 is 0 Å². The maximum atomic E-state index is 4.31.